The molecule has 1 amide bonds. The van der Waals surface area contributed by atoms with Gasteiger partial charge in [0, 0.05) is 5.56 Å². The first-order chi connectivity index (χ1) is 13.3. The summed E-state index contributed by atoms with van der Waals surface area (Å²) < 4.78 is 27.9. The van der Waals surface area contributed by atoms with Crippen molar-refractivity contribution in [3.63, 3.8) is 0 Å². The number of carbonyl (C=O) groups excluding carboxylic acids is 1. The summed E-state index contributed by atoms with van der Waals surface area (Å²) in [4.78, 5) is 12.5. The summed E-state index contributed by atoms with van der Waals surface area (Å²) in [5.74, 6) is -0.366. The van der Waals surface area contributed by atoms with Gasteiger partial charge in [-0.15, -0.1) is 0 Å². The smallest absolute Gasteiger partial charge is 0.261 e. The topological polar surface area (TPSA) is 99.1 Å². The zero-order valence-corrected chi connectivity index (χ0v) is 16.8. The minimum atomic E-state index is -3.77. The Morgan fingerprint density at radius 2 is 1.71 bits per heavy atom. The molecule has 1 aliphatic carbocycles. The lowest BCUT2D eigenvalue weighted by Crippen LogP contribution is -2.45. The van der Waals surface area contributed by atoms with Crippen LogP contribution in [0.3, 0.4) is 0 Å². The molecule has 2 aromatic rings. The van der Waals surface area contributed by atoms with Crippen molar-refractivity contribution in [1.82, 2.24) is 5.32 Å². The Morgan fingerprint density at radius 3 is 2.32 bits per heavy atom. The molecule has 0 spiro atoms. The molecule has 146 valence electrons. The molecule has 1 fully saturated rings. The van der Waals surface area contributed by atoms with Crippen LogP contribution in [0.5, 0.6) is 0 Å². The van der Waals surface area contributed by atoms with Crippen LogP contribution in [0.15, 0.2) is 47.4 Å². The van der Waals surface area contributed by atoms with E-state index in [0.29, 0.717) is 24.1 Å². The van der Waals surface area contributed by atoms with Crippen LogP contribution in [-0.2, 0) is 10.0 Å². The molecule has 0 saturated heterocycles. The Kier molecular flexibility index (Phi) is 5.43. The zero-order valence-electron chi connectivity index (χ0n) is 16.0. The number of anilines is 1. The second-order valence-electron chi connectivity index (χ2n) is 7.23. The van der Waals surface area contributed by atoms with E-state index in [4.69, 9.17) is 0 Å². The van der Waals surface area contributed by atoms with Gasteiger partial charge >= 0.3 is 0 Å². The highest BCUT2D eigenvalue weighted by molar-refractivity contribution is 7.92. The number of amides is 1. The molecule has 0 atom stereocenters. The fraction of sp³-hybridized carbons (Fsp3) is 0.333. The molecule has 3 rings (SSSR count). The molecule has 0 unspecified atom stereocenters. The van der Waals surface area contributed by atoms with E-state index in [0.717, 1.165) is 24.0 Å². The second-order valence-corrected chi connectivity index (χ2v) is 8.91. The minimum absolute atomic E-state index is 0.0702. The molecule has 0 radical (unpaired) electrons. The van der Waals surface area contributed by atoms with Gasteiger partial charge in [0.05, 0.1) is 16.7 Å². The first kappa shape index (κ1) is 19.9. The Hall–Kier alpha value is -2.85. The Morgan fingerprint density at radius 1 is 1.07 bits per heavy atom. The Labute approximate surface area is 165 Å². The van der Waals surface area contributed by atoms with Gasteiger partial charge in [-0.2, -0.15) is 5.26 Å². The lowest BCUT2D eigenvalue weighted by molar-refractivity contribution is 0.0920. The predicted octanol–water partition coefficient (Wildman–Crippen LogP) is 3.67. The predicted molar refractivity (Wildman–Crippen MR) is 107 cm³/mol. The van der Waals surface area contributed by atoms with Crippen LogP contribution in [0.25, 0.3) is 0 Å². The normalized spacial score (nSPS) is 15.6. The molecule has 2 N–H and O–H groups in total. The summed E-state index contributed by atoms with van der Waals surface area (Å²) in [5, 5.41) is 12.2. The monoisotopic (exact) mass is 397 g/mol. The second kappa shape index (κ2) is 7.64. The molecule has 0 aliphatic heterocycles. The molecule has 28 heavy (non-hydrogen) atoms. The van der Waals surface area contributed by atoms with Gasteiger partial charge in [-0.25, -0.2) is 8.42 Å². The maximum Gasteiger partial charge on any atom is 0.261 e. The highest BCUT2D eigenvalue weighted by Gasteiger charge is 2.35. The average molecular weight is 398 g/mol. The fourth-order valence-electron chi connectivity index (χ4n) is 3.38. The highest BCUT2D eigenvalue weighted by atomic mass is 32.2. The summed E-state index contributed by atoms with van der Waals surface area (Å²) in [6.07, 6.45) is 3.10. The zero-order chi connectivity index (χ0) is 20.4. The van der Waals surface area contributed by atoms with Gasteiger partial charge in [0.2, 0.25) is 0 Å². The Balaban J connectivity index is 1.77. The molecular formula is C21H23N3O3S. The maximum absolute atomic E-state index is 12.7. The molecule has 2 aromatic carbocycles. The molecule has 1 aliphatic rings. The number of nitrogens with one attached hydrogen (secondary N) is 2. The van der Waals surface area contributed by atoms with E-state index >= 15 is 0 Å². The third-order valence-electron chi connectivity index (χ3n) is 5.30. The van der Waals surface area contributed by atoms with Gasteiger partial charge in [-0.3, -0.25) is 9.52 Å². The molecule has 7 heteroatoms. The fourth-order valence-corrected chi connectivity index (χ4v) is 4.51. The van der Waals surface area contributed by atoms with Crippen molar-refractivity contribution in [3.05, 3.63) is 59.2 Å². The van der Waals surface area contributed by atoms with Crippen LogP contribution in [0, 0.1) is 25.2 Å². The standard InChI is InChI=1S/C21H23N3O3S/c1-15-6-5-7-19(16(15)2)24-28(26,27)18-10-8-17(9-11-18)20(25)23-21(14-22)12-3-4-13-21/h5-11,24H,3-4,12-13H2,1-2H3,(H,23,25). The molecule has 0 bridgehead atoms. The van der Waals surface area contributed by atoms with Crippen LogP contribution < -0.4 is 10.0 Å². The van der Waals surface area contributed by atoms with E-state index < -0.39 is 15.6 Å². The molecule has 0 heterocycles. The first-order valence-electron chi connectivity index (χ1n) is 9.19. The number of nitrogens with zero attached hydrogens (tertiary/aromatic N) is 1. The summed E-state index contributed by atoms with van der Waals surface area (Å²) in [7, 11) is -3.77. The summed E-state index contributed by atoms with van der Waals surface area (Å²) >= 11 is 0. The van der Waals surface area contributed by atoms with Crippen molar-refractivity contribution in [1.29, 1.82) is 5.26 Å². The van der Waals surface area contributed by atoms with Crippen molar-refractivity contribution in [2.75, 3.05) is 4.72 Å². The van der Waals surface area contributed by atoms with Crippen molar-refractivity contribution >= 4 is 21.6 Å². The Bertz CT molecular complexity index is 1030. The van der Waals surface area contributed by atoms with Crippen LogP contribution >= 0.6 is 0 Å². The van der Waals surface area contributed by atoms with Gasteiger partial charge in [0.25, 0.3) is 15.9 Å². The first-order valence-corrected chi connectivity index (χ1v) is 10.7. The van der Waals surface area contributed by atoms with E-state index in [1.807, 2.05) is 19.9 Å². The lowest BCUT2D eigenvalue weighted by Gasteiger charge is -2.22. The van der Waals surface area contributed by atoms with E-state index in [9.17, 15) is 18.5 Å². The SMILES string of the molecule is Cc1cccc(NS(=O)(=O)c2ccc(C(=O)NC3(C#N)CCCC3)cc2)c1C. The molecule has 1 saturated carbocycles. The number of nitriles is 1. The van der Waals surface area contributed by atoms with Crippen molar-refractivity contribution in [2.24, 2.45) is 0 Å². The van der Waals surface area contributed by atoms with Crippen LogP contribution in [-0.4, -0.2) is 19.9 Å². The van der Waals surface area contributed by atoms with Gasteiger partial charge in [0.15, 0.2) is 0 Å². The van der Waals surface area contributed by atoms with E-state index in [1.165, 1.54) is 24.3 Å². The van der Waals surface area contributed by atoms with Crippen molar-refractivity contribution < 1.29 is 13.2 Å². The van der Waals surface area contributed by atoms with Gasteiger partial charge in [-0.1, -0.05) is 12.1 Å². The van der Waals surface area contributed by atoms with E-state index in [-0.39, 0.29) is 10.8 Å². The number of hydrogen-bond acceptors (Lipinski definition) is 4. The van der Waals surface area contributed by atoms with Crippen LogP contribution in [0.1, 0.15) is 47.2 Å². The van der Waals surface area contributed by atoms with Gasteiger partial charge < -0.3 is 5.32 Å². The number of rotatable bonds is 5. The van der Waals surface area contributed by atoms with Crippen LogP contribution in [0.4, 0.5) is 5.69 Å². The number of sulfonamides is 1. The van der Waals surface area contributed by atoms with Crippen LogP contribution in [0.2, 0.25) is 0 Å². The summed E-state index contributed by atoms with van der Waals surface area (Å²) in [6, 6.07) is 13.4. The van der Waals surface area contributed by atoms with Crippen molar-refractivity contribution in [3.8, 4) is 6.07 Å². The molecule has 6 nitrogen and oxygen atoms in total. The maximum atomic E-state index is 12.7. The third kappa shape index (κ3) is 4.02. The largest absolute Gasteiger partial charge is 0.334 e. The molecular weight excluding hydrogens is 374 g/mol. The van der Waals surface area contributed by atoms with Gasteiger partial charge in [0.1, 0.15) is 5.54 Å². The quantitative estimate of drug-likeness (QED) is 0.804. The lowest BCUT2D eigenvalue weighted by atomic mass is 9.99. The van der Waals surface area contributed by atoms with E-state index in [1.54, 1.807) is 12.1 Å². The highest BCUT2D eigenvalue weighted by Crippen LogP contribution is 2.29. The minimum Gasteiger partial charge on any atom is -0.334 e. The third-order valence-corrected chi connectivity index (χ3v) is 6.68. The number of hydrogen-bond donors (Lipinski definition) is 2. The number of aryl methyl sites for hydroxylation is 1. The van der Waals surface area contributed by atoms with Gasteiger partial charge in [-0.05, 0) is 81.0 Å². The summed E-state index contributed by atoms with van der Waals surface area (Å²) in [6.45, 7) is 3.77. The molecule has 0 aromatic heterocycles. The van der Waals surface area contributed by atoms with Crippen molar-refractivity contribution in [2.45, 2.75) is 50.0 Å². The number of benzene rings is 2. The van der Waals surface area contributed by atoms with E-state index in [2.05, 4.69) is 16.1 Å². The summed E-state index contributed by atoms with van der Waals surface area (Å²) in [5.41, 5.74) is 1.89. The average Bonchev–Trinajstić information content (AvgIpc) is 3.14. The number of carbonyl (C=O) groups is 1.